The van der Waals surface area contributed by atoms with E-state index in [1.807, 2.05) is 13.8 Å². The number of aromatic nitrogens is 1. The zero-order valence-electron chi connectivity index (χ0n) is 20.1. The number of amides is 3. The molecule has 0 spiro atoms. The zero-order chi connectivity index (χ0) is 26.0. The Labute approximate surface area is 207 Å². The molecule has 1 aliphatic rings. The number of nitriles is 1. The van der Waals surface area contributed by atoms with E-state index in [0.29, 0.717) is 34.6 Å². The maximum absolute atomic E-state index is 12.6. The lowest BCUT2D eigenvalue weighted by atomic mass is 10.1. The standard InChI is InChI=1S/C26H24N4O6/c1-15-6-7-19-20(11-15)26(34)29(25(19)33)9-8-23(32)36-14-22(31)28-24-21(12-27)16(2)17(3)30(24)13-18-5-4-10-35-18/h4-7,10-11H,8-9,13-14H2,1-3H3,(H,28,31). The van der Waals surface area contributed by atoms with Crippen LogP contribution in [0.1, 0.15) is 55.3 Å². The van der Waals surface area contributed by atoms with Crippen LogP contribution in [0.3, 0.4) is 0 Å². The second kappa shape index (κ2) is 9.92. The number of hydrogen-bond donors (Lipinski definition) is 1. The van der Waals surface area contributed by atoms with Crippen LogP contribution in [0.25, 0.3) is 0 Å². The molecule has 0 aliphatic carbocycles. The van der Waals surface area contributed by atoms with Crippen LogP contribution in [0.4, 0.5) is 5.82 Å². The van der Waals surface area contributed by atoms with Crippen molar-refractivity contribution in [3.63, 3.8) is 0 Å². The monoisotopic (exact) mass is 488 g/mol. The number of hydrogen-bond acceptors (Lipinski definition) is 7. The molecule has 0 radical (unpaired) electrons. The minimum atomic E-state index is -0.739. The van der Waals surface area contributed by atoms with Gasteiger partial charge in [0.25, 0.3) is 17.7 Å². The van der Waals surface area contributed by atoms with Gasteiger partial charge in [-0.05, 0) is 50.6 Å². The lowest BCUT2D eigenvalue weighted by Crippen LogP contribution is -2.32. The van der Waals surface area contributed by atoms with E-state index in [2.05, 4.69) is 11.4 Å². The summed E-state index contributed by atoms with van der Waals surface area (Å²) >= 11 is 0. The number of rotatable bonds is 8. The molecule has 10 nitrogen and oxygen atoms in total. The summed E-state index contributed by atoms with van der Waals surface area (Å²) < 4.78 is 12.2. The molecule has 0 bridgehead atoms. The Morgan fingerprint density at radius 2 is 1.86 bits per heavy atom. The smallest absolute Gasteiger partial charge is 0.308 e. The molecule has 0 fully saturated rings. The molecule has 0 unspecified atom stereocenters. The van der Waals surface area contributed by atoms with Gasteiger partial charge in [-0.1, -0.05) is 11.6 Å². The first-order valence-corrected chi connectivity index (χ1v) is 11.3. The number of furan rings is 1. The van der Waals surface area contributed by atoms with Gasteiger partial charge >= 0.3 is 5.97 Å². The van der Waals surface area contributed by atoms with Crippen molar-refractivity contribution in [2.45, 2.75) is 33.7 Å². The second-order valence-corrected chi connectivity index (χ2v) is 8.48. The van der Waals surface area contributed by atoms with E-state index in [1.165, 1.54) is 6.26 Å². The van der Waals surface area contributed by atoms with Crippen LogP contribution in [-0.4, -0.2) is 46.3 Å². The van der Waals surface area contributed by atoms with Gasteiger partial charge in [0.05, 0.1) is 35.9 Å². The van der Waals surface area contributed by atoms with E-state index in [9.17, 15) is 24.4 Å². The summed E-state index contributed by atoms with van der Waals surface area (Å²) in [4.78, 5) is 50.8. The first kappa shape index (κ1) is 24.5. The third kappa shape index (κ3) is 4.63. The fourth-order valence-electron chi connectivity index (χ4n) is 4.08. The van der Waals surface area contributed by atoms with Gasteiger partial charge in [0.15, 0.2) is 6.61 Å². The Bertz CT molecular complexity index is 1410. The van der Waals surface area contributed by atoms with Gasteiger partial charge in [-0.3, -0.25) is 24.1 Å². The minimum absolute atomic E-state index is 0.158. The molecule has 10 heteroatoms. The summed E-state index contributed by atoms with van der Waals surface area (Å²) in [5.74, 6) is -1.37. The third-order valence-electron chi connectivity index (χ3n) is 6.12. The van der Waals surface area contributed by atoms with Gasteiger partial charge in [-0.2, -0.15) is 5.26 Å². The third-order valence-corrected chi connectivity index (χ3v) is 6.12. The zero-order valence-corrected chi connectivity index (χ0v) is 20.1. The maximum atomic E-state index is 12.6. The van der Waals surface area contributed by atoms with Crippen molar-refractivity contribution in [1.29, 1.82) is 5.26 Å². The van der Waals surface area contributed by atoms with Gasteiger partial charge in [-0.15, -0.1) is 0 Å². The van der Waals surface area contributed by atoms with Crippen LogP contribution in [0.5, 0.6) is 0 Å². The van der Waals surface area contributed by atoms with Crippen molar-refractivity contribution in [3.05, 3.63) is 75.9 Å². The van der Waals surface area contributed by atoms with Crippen LogP contribution in [0.15, 0.2) is 41.0 Å². The molecule has 3 aromatic rings. The Kier molecular flexibility index (Phi) is 6.74. The summed E-state index contributed by atoms with van der Waals surface area (Å²) in [6.07, 6.45) is 1.28. The Hall–Kier alpha value is -4.65. The number of aryl methyl sites for hydroxylation is 1. The van der Waals surface area contributed by atoms with Crippen molar-refractivity contribution >= 4 is 29.5 Å². The number of imide groups is 1. The molecule has 2 aromatic heterocycles. The predicted molar refractivity (Wildman–Crippen MR) is 127 cm³/mol. The molecular formula is C26H24N4O6. The molecule has 3 heterocycles. The highest BCUT2D eigenvalue weighted by Gasteiger charge is 2.35. The summed E-state index contributed by atoms with van der Waals surface area (Å²) in [6, 6.07) is 10.6. The summed E-state index contributed by atoms with van der Waals surface area (Å²) in [5, 5.41) is 12.3. The van der Waals surface area contributed by atoms with E-state index in [-0.39, 0.29) is 18.8 Å². The van der Waals surface area contributed by atoms with E-state index in [4.69, 9.17) is 9.15 Å². The molecule has 0 saturated carbocycles. The maximum Gasteiger partial charge on any atom is 0.308 e. The van der Waals surface area contributed by atoms with Gasteiger partial charge in [0, 0.05) is 12.2 Å². The summed E-state index contributed by atoms with van der Waals surface area (Å²) in [6.45, 7) is 4.98. The number of nitrogens with one attached hydrogen (secondary N) is 1. The topological polar surface area (TPSA) is 135 Å². The number of ether oxygens (including phenoxy) is 1. The van der Waals surface area contributed by atoms with Crippen LogP contribution < -0.4 is 5.32 Å². The summed E-state index contributed by atoms with van der Waals surface area (Å²) in [5.41, 5.74) is 3.26. The number of benzene rings is 1. The second-order valence-electron chi connectivity index (χ2n) is 8.48. The Morgan fingerprint density at radius 3 is 2.56 bits per heavy atom. The highest BCUT2D eigenvalue weighted by molar-refractivity contribution is 6.21. The number of carbonyl (C=O) groups excluding carboxylic acids is 4. The van der Waals surface area contributed by atoms with E-state index in [1.54, 1.807) is 41.8 Å². The van der Waals surface area contributed by atoms with Crippen LogP contribution in [-0.2, 0) is 20.9 Å². The van der Waals surface area contributed by atoms with Gasteiger partial charge in [0.1, 0.15) is 17.6 Å². The van der Waals surface area contributed by atoms with Gasteiger partial charge < -0.3 is 19.0 Å². The number of fused-ring (bicyclic) bond motifs is 1. The van der Waals surface area contributed by atoms with E-state index < -0.39 is 30.3 Å². The van der Waals surface area contributed by atoms with Gasteiger partial charge in [0.2, 0.25) is 0 Å². The lowest BCUT2D eigenvalue weighted by Gasteiger charge is -2.14. The fourth-order valence-corrected chi connectivity index (χ4v) is 4.08. The highest BCUT2D eigenvalue weighted by atomic mass is 16.5. The van der Waals surface area contributed by atoms with Crippen LogP contribution in [0, 0.1) is 32.1 Å². The number of carbonyl (C=O) groups is 4. The molecule has 0 saturated heterocycles. The van der Waals surface area contributed by atoms with Crippen LogP contribution in [0.2, 0.25) is 0 Å². The first-order chi connectivity index (χ1) is 17.2. The predicted octanol–water partition coefficient (Wildman–Crippen LogP) is 3.09. The van der Waals surface area contributed by atoms with Crippen LogP contribution >= 0.6 is 0 Å². The first-order valence-electron chi connectivity index (χ1n) is 11.3. The number of anilines is 1. The Morgan fingerprint density at radius 1 is 1.11 bits per heavy atom. The average Bonchev–Trinajstić information content (AvgIpc) is 3.51. The molecule has 4 rings (SSSR count). The molecule has 36 heavy (non-hydrogen) atoms. The molecule has 1 aromatic carbocycles. The largest absolute Gasteiger partial charge is 0.467 e. The molecule has 3 amide bonds. The quantitative estimate of drug-likeness (QED) is 0.380. The minimum Gasteiger partial charge on any atom is -0.467 e. The van der Waals surface area contributed by atoms with Crippen molar-refractivity contribution in [1.82, 2.24) is 9.47 Å². The lowest BCUT2D eigenvalue weighted by molar-refractivity contribution is -0.147. The van der Waals surface area contributed by atoms with Crippen molar-refractivity contribution in [2.24, 2.45) is 0 Å². The van der Waals surface area contributed by atoms with Crippen molar-refractivity contribution in [2.75, 3.05) is 18.5 Å². The molecule has 184 valence electrons. The normalized spacial score (nSPS) is 12.4. The fraction of sp³-hybridized carbons (Fsp3) is 0.269. The molecule has 1 aliphatic heterocycles. The van der Waals surface area contributed by atoms with E-state index in [0.717, 1.165) is 16.2 Å². The molecule has 0 atom stereocenters. The SMILES string of the molecule is Cc1ccc2c(c1)C(=O)N(CCC(=O)OCC(=O)Nc1c(C#N)c(C)c(C)n1Cc1ccco1)C2=O. The van der Waals surface area contributed by atoms with Gasteiger partial charge in [-0.25, -0.2) is 0 Å². The Balaban J connectivity index is 1.35. The number of esters is 1. The average molecular weight is 489 g/mol. The molecular weight excluding hydrogens is 464 g/mol. The van der Waals surface area contributed by atoms with Crippen molar-refractivity contribution < 1.29 is 28.3 Å². The summed E-state index contributed by atoms with van der Waals surface area (Å²) in [7, 11) is 0. The van der Waals surface area contributed by atoms with Crippen molar-refractivity contribution in [3.8, 4) is 6.07 Å². The van der Waals surface area contributed by atoms with E-state index >= 15 is 0 Å². The number of nitrogens with zero attached hydrogens (tertiary/aromatic N) is 3. The molecule has 1 N–H and O–H groups in total. The highest BCUT2D eigenvalue weighted by Crippen LogP contribution is 2.27.